The minimum atomic E-state index is -0.453. The molecule has 1 rings (SSSR count). The highest BCUT2D eigenvalue weighted by molar-refractivity contribution is 4.80. The monoisotopic (exact) mass is 144 g/mol. The first-order valence-corrected chi connectivity index (χ1v) is 3.97. The molecule has 0 atom stereocenters. The Hall–Kier alpha value is -0.0800. The lowest BCUT2D eigenvalue weighted by Crippen LogP contribution is -2.31. The summed E-state index contributed by atoms with van der Waals surface area (Å²) in [5.74, 6) is 0.445. The Morgan fingerprint density at radius 2 is 1.90 bits per heavy atom. The Labute approximate surface area is 61.9 Å². The van der Waals surface area contributed by atoms with Gasteiger partial charge in [0.1, 0.15) is 0 Å². The average Bonchev–Trinajstić information content (AvgIpc) is 1.88. The molecule has 0 bridgehead atoms. The van der Waals surface area contributed by atoms with Crippen molar-refractivity contribution in [3.05, 3.63) is 0 Å². The predicted octanol–water partition coefficient (Wildman–Crippen LogP) is 0.920. The summed E-state index contributed by atoms with van der Waals surface area (Å²) in [6, 6.07) is 0. The second-order valence-corrected chi connectivity index (χ2v) is 3.62. The fraction of sp³-hybridized carbons (Fsp3) is 1.00. The highest BCUT2D eigenvalue weighted by atomic mass is 16.3. The number of aliphatic hydroxyl groups excluding tert-OH is 1. The normalized spacial score (nSPS) is 41.7. The van der Waals surface area contributed by atoms with Crippen molar-refractivity contribution in [1.29, 1.82) is 0 Å². The van der Waals surface area contributed by atoms with E-state index in [0.717, 1.165) is 25.7 Å². The molecule has 0 aliphatic heterocycles. The van der Waals surface area contributed by atoms with E-state index < -0.39 is 5.60 Å². The molecule has 0 aromatic carbocycles. The van der Waals surface area contributed by atoms with Crippen molar-refractivity contribution in [3.8, 4) is 0 Å². The largest absolute Gasteiger partial charge is 0.396 e. The molecule has 10 heavy (non-hydrogen) atoms. The van der Waals surface area contributed by atoms with Crippen LogP contribution in [0.25, 0.3) is 0 Å². The van der Waals surface area contributed by atoms with E-state index in [2.05, 4.69) is 0 Å². The number of hydrogen-bond acceptors (Lipinski definition) is 2. The Kier molecular flexibility index (Phi) is 2.32. The van der Waals surface area contributed by atoms with Crippen LogP contribution in [0, 0.1) is 5.92 Å². The zero-order chi connectivity index (χ0) is 7.61. The van der Waals surface area contributed by atoms with Crippen LogP contribution in [-0.4, -0.2) is 22.4 Å². The van der Waals surface area contributed by atoms with Crippen molar-refractivity contribution in [1.82, 2.24) is 0 Å². The number of aliphatic hydroxyl groups is 2. The second-order valence-electron chi connectivity index (χ2n) is 3.62. The first kappa shape index (κ1) is 8.02. The zero-order valence-electron chi connectivity index (χ0n) is 6.51. The summed E-state index contributed by atoms with van der Waals surface area (Å²) in [4.78, 5) is 0. The van der Waals surface area contributed by atoms with Gasteiger partial charge in [-0.1, -0.05) is 0 Å². The van der Waals surface area contributed by atoms with Crippen molar-refractivity contribution < 1.29 is 10.2 Å². The van der Waals surface area contributed by atoms with Gasteiger partial charge in [0.2, 0.25) is 0 Å². The molecule has 1 aliphatic rings. The summed E-state index contributed by atoms with van der Waals surface area (Å²) in [5.41, 5.74) is -0.453. The van der Waals surface area contributed by atoms with Gasteiger partial charge in [0.15, 0.2) is 0 Å². The zero-order valence-corrected chi connectivity index (χ0v) is 6.51. The van der Waals surface area contributed by atoms with Crippen LogP contribution < -0.4 is 0 Å². The van der Waals surface area contributed by atoms with E-state index in [4.69, 9.17) is 5.11 Å². The van der Waals surface area contributed by atoms with Gasteiger partial charge >= 0.3 is 0 Å². The van der Waals surface area contributed by atoms with Crippen molar-refractivity contribution in [3.63, 3.8) is 0 Å². The van der Waals surface area contributed by atoms with Crippen LogP contribution in [0.3, 0.4) is 0 Å². The lowest BCUT2D eigenvalue weighted by atomic mass is 9.80. The molecule has 0 unspecified atom stereocenters. The van der Waals surface area contributed by atoms with Crippen molar-refractivity contribution in [2.24, 2.45) is 5.92 Å². The third kappa shape index (κ3) is 1.96. The van der Waals surface area contributed by atoms with Crippen LogP contribution in [0.1, 0.15) is 32.6 Å². The van der Waals surface area contributed by atoms with E-state index in [-0.39, 0.29) is 6.61 Å². The standard InChI is InChI=1S/C8H16O2/c1-8(10)4-2-7(6-9)3-5-8/h7,9-10H,2-6H2,1H3/t7-,8+. The molecular weight excluding hydrogens is 128 g/mol. The highest BCUT2D eigenvalue weighted by Gasteiger charge is 2.27. The van der Waals surface area contributed by atoms with Crippen LogP contribution in [0.4, 0.5) is 0 Å². The lowest BCUT2D eigenvalue weighted by molar-refractivity contribution is -0.000223. The van der Waals surface area contributed by atoms with Gasteiger partial charge in [0, 0.05) is 6.61 Å². The van der Waals surface area contributed by atoms with Gasteiger partial charge < -0.3 is 10.2 Å². The topological polar surface area (TPSA) is 40.5 Å². The minimum absolute atomic E-state index is 0.288. The average molecular weight is 144 g/mol. The van der Waals surface area contributed by atoms with E-state index in [1.165, 1.54) is 0 Å². The molecule has 0 amide bonds. The Morgan fingerprint density at radius 1 is 1.40 bits per heavy atom. The SMILES string of the molecule is C[C@]1(O)CC[C@@H](CO)CC1. The van der Waals surface area contributed by atoms with Crippen molar-refractivity contribution >= 4 is 0 Å². The summed E-state index contributed by atoms with van der Waals surface area (Å²) in [6.07, 6.45) is 3.64. The van der Waals surface area contributed by atoms with Crippen LogP contribution >= 0.6 is 0 Å². The van der Waals surface area contributed by atoms with Crippen molar-refractivity contribution in [2.75, 3.05) is 6.61 Å². The molecule has 2 nitrogen and oxygen atoms in total. The minimum Gasteiger partial charge on any atom is -0.396 e. The number of hydrogen-bond donors (Lipinski definition) is 2. The fourth-order valence-corrected chi connectivity index (χ4v) is 1.48. The molecule has 0 heterocycles. The van der Waals surface area contributed by atoms with Crippen LogP contribution in [-0.2, 0) is 0 Å². The van der Waals surface area contributed by atoms with Gasteiger partial charge in [-0.25, -0.2) is 0 Å². The second kappa shape index (κ2) is 2.89. The highest BCUT2D eigenvalue weighted by Crippen LogP contribution is 2.30. The molecule has 1 aliphatic carbocycles. The predicted molar refractivity (Wildman–Crippen MR) is 39.7 cm³/mol. The molecule has 60 valence electrons. The summed E-state index contributed by atoms with van der Waals surface area (Å²) in [6.45, 7) is 2.16. The van der Waals surface area contributed by atoms with E-state index in [9.17, 15) is 5.11 Å². The maximum Gasteiger partial charge on any atom is 0.0620 e. The molecule has 2 heteroatoms. The molecule has 1 saturated carbocycles. The molecule has 2 N–H and O–H groups in total. The van der Waals surface area contributed by atoms with Crippen molar-refractivity contribution in [2.45, 2.75) is 38.2 Å². The Morgan fingerprint density at radius 3 is 2.30 bits per heavy atom. The first-order chi connectivity index (χ1) is 4.64. The maximum atomic E-state index is 9.51. The summed E-state index contributed by atoms with van der Waals surface area (Å²) in [7, 11) is 0. The molecule has 0 radical (unpaired) electrons. The summed E-state index contributed by atoms with van der Waals surface area (Å²) >= 11 is 0. The molecular formula is C8H16O2. The Balaban J connectivity index is 2.31. The van der Waals surface area contributed by atoms with Gasteiger partial charge in [-0.05, 0) is 38.5 Å². The van der Waals surface area contributed by atoms with Gasteiger partial charge in [0.25, 0.3) is 0 Å². The summed E-state index contributed by atoms with van der Waals surface area (Å²) in [5, 5.41) is 18.3. The van der Waals surface area contributed by atoms with E-state index in [0.29, 0.717) is 5.92 Å². The van der Waals surface area contributed by atoms with E-state index >= 15 is 0 Å². The lowest BCUT2D eigenvalue weighted by Gasteiger charge is -2.31. The molecule has 0 aromatic rings. The quantitative estimate of drug-likeness (QED) is 0.574. The van der Waals surface area contributed by atoms with E-state index in [1.807, 2.05) is 6.92 Å². The van der Waals surface area contributed by atoms with Gasteiger partial charge in [-0.2, -0.15) is 0 Å². The third-order valence-corrected chi connectivity index (χ3v) is 2.44. The third-order valence-electron chi connectivity index (χ3n) is 2.44. The van der Waals surface area contributed by atoms with Crippen LogP contribution in [0.15, 0.2) is 0 Å². The summed E-state index contributed by atoms with van der Waals surface area (Å²) < 4.78 is 0. The molecule has 0 saturated heterocycles. The fourth-order valence-electron chi connectivity index (χ4n) is 1.48. The van der Waals surface area contributed by atoms with Gasteiger partial charge in [-0.15, -0.1) is 0 Å². The van der Waals surface area contributed by atoms with Crippen LogP contribution in [0.5, 0.6) is 0 Å². The molecule has 0 aromatic heterocycles. The Bertz CT molecular complexity index is 99.8. The van der Waals surface area contributed by atoms with Gasteiger partial charge in [-0.3, -0.25) is 0 Å². The number of rotatable bonds is 1. The first-order valence-electron chi connectivity index (χ1n) is 3.97. The van der Waals surface area contributed by atoms with Crippen LogP contribution in [0.2, 0.25) is 0 Å². The maximum absolute atomic E-state index is 9.51. The van der Waals surface area contributed by atoms with Gasteiger partial charge in [0.05, 0.1) is 5.60 Å². The molecule has 1 fully saturated rings. The van der Waals surface area contributed by atoms with E-state index in [1.54, 1.807) is 0 Å². The molecule has 0 spiro atoms. The smallest absolute Gasteiger partial charge is 0.0620 e.